The van der Waals surface area contributed by atoms with E-state index in [1.165, 1.54) is 12.8 Å². The highest BCUT2D eigenvalue weighted by Gasteiger charge is 2.35. The number of fused-ring (bicyclic) bond motifs is 1. The lowest BCUT2D eigenvalue weighted by Gasteiger charge is -2.26. The van der Waals surface area contributed by atoms with Crippen molar-refractivity contribution in [3.63, 3.8) is 0 Å². The Morgan fingerprint density at radius 1 is 1.18 bits per heavy atom. The number of ether oxygens (including phenoxy) is 2. The predicted octanol–water partition coefficient (Wildman–Crippen LogP) is 3.62. The second kappa shape index (κ2) is 9.17. The number of carbonyl (C=O) groups excluding carboxylic acids is 1. The summed E-state index contributed by atoms with van der Waals surface area (Å²) < 4.78 is 13.2. The number of para-hydroxylation sites is 1. The van der Waals surface area contributed by atoms with E-state index in [0.717, 1.165) is 35.7 Å². The Bertz CT molecular complexity index is 1210. The van der Waals surface area contributed by atoms with Crippen LogP contribution in [0.3, 0.4) is 0 Å². The molecule has 0 radical (unpaired) electrons. The number of nitrogens with zero attached hydrogens (tertiary/aromatic N) is 5. The number of hydrogen-bond acceptors (Lipinski definition) is 7. The van der Waals surface area contributed by atoms with Crippen LogP contribution in [0.5, 0.6) is 11.5 Å². The fourth-order valence-electron chi connectivity index (χ4n) is 4.79. The molecule has 0 unspecified atom stereocenters. The summed E-state index contributed by atoms with van der Waals surface area (Å²) in [4.78, 5) is 15.1. The Balaban J connectivity index is 1.56. The van der Waals surface area contributed by atoms with Gasteiger partial charge in [0.25, 0.3) is 0 Å². The summed E-state index contributed by atoms with van der Waals surface area (Å²) in [5.74, 6) is 2.91. The second-order valence-corrected chi connectivity index (χ2v) is 8.49. The Labute approximate surface area is 198 Å². The molecule has 0 bridgehead atoms. The van der Waals surface area contributed by atoms with E-state index in [2.05, 4.69) is 27.0 Å². The van der Waals surface area contributed by atoms with Crippen LogP contribution in [-0.2, 0) is 4.79 Å². The average Bonchev–Trinajstić information content (AvgIpc) is 3.51. The van der Waals surface area contributed by atoms with Crippen LogP contribution in [0.15, 0.2) is 43.0 Å². The topological polar surface area (TPSA) is 94.4 Å². The van der Waals surface area contributed by atoms with Crippen LogP contribution in [0.4, 0.5) is 11.6 Å². The SMILES string of the molecule is C=CCOc1c(OC)cccc1[C@@H]1CC(=O)Nc2c1c(C)nn2-c1ccc(N2CCCC2)nn1. The van der Waals surface area contributed by atoms with Gasteiger partial charge in [-0.15, -0.1) is 10.2 Å². The summed E-state index contributed by atoms with van der Waals surface area (Å²) in [5, 5.41) is 16.6. The molecular weight excluding hydrogens is 432 g/mol. The quantitative estimate of drug-likeness (QED) is 0.538. The first-order chi connectivity index (χ1) is 16.6. The number of nitrogens with one attached hydrogen (secondary N) is 1. The van der Waals surface area contributed by atoms with Crippen LogP contribution in [0, 0.1) is 6.92 Å². The lowest BCUT2D eigenvalue weighted by Crippen LogP contribution is -2.25. The molecule has 9 nitrogen and oxygen atoms in total. The number of hydrogen-bond donors (Lipinski definition) is 1. The van der Waals surface area contributed by atoms with Gasteiger partial charge in [-0.25, -0.2) is 0 Å². The molecule has 3 aromatic rings. The van der Waals surface area contributed by atoms with Gasteiger partial charge in [-0.2, -0.15) is 9.78 Å². The van der Waals surface area contributed by atoms with Crippen molar-refractivity contribution in [3.8, 4) is 17.3 Å². The summed E-state index contributed by atoms with van der Waals surface area (Å²) in [7, 11) is 1.60. The Kier molecular flexibility index (Phi) is 5.91. The van der Waals surface area contributed by atoms with Crippen molar-refractivity contribution in [2.75, 3.05) is 37.0 Å². The van der Waals surface area contributed by atoms with E-state index in [-0.39, 0.29) is 18.2 Å². The summed E-state index contributed by atoms with van der Waals surface area (Å²) in [6.45, 7) is 8.01. The summed E-state index contributed by atoms with van der Waals surface area (Å²) in [6, 6.07) is 9.58. The van der Waals surface area contributed by atoms with Crippen molar-refractivity contribution in [1.82, 2.24) is 20.0 Å². The highest BCUT2D eigenvalue weighted by Crippen LogP contribution is 2.45. The number of methoxy groups -OCH3 is 1. The fraction of sp³-hybridized carbons (Fsp3) is 0.360. The molecule has 0 spiro atoms. The molecule has 1 saturated heterocycles. The van der Waals surface area contributed by atoms with E-state index in [9.17, 15) is 4.79 Å². The number of carbonyl (C=O) groups is 1. The molecule has 1 amide bonds. The molecule has 1 N–H and O–H groups in total. The highest BCUT2D eigenvalue weighted by molar-refractivity contribution is 5.95. The summed E-state index contributed by atoms with van der Waals surface area (Å²) >= 11 is 0. The van der Waals surface area contributed by atoms with Crippen LogP contribution in [0.2, 0.25) is 0 Å². The van der Waals surface area contributed by atoms with Crippen molar-refractivity contribution in [1.29, 1.82) is 0 Å². The molecule has 9 heteroatoms. The molecule has 0 saturated carbocycles. The minimum Gasteiger partial charge on any atom is -0.493 e. The molecular formula is C25H28N6O3. The monoisotopic (exact) mass is 460 g/mol. The molecule has 5 rings (SSSR count). The number of aryl methyl sites for hydroxylation is 1. The third kappa shape index (κ3) is 3.87. The molecule has 4 heterocycles. The van der Waals surface area contributed by atoms with Crippen molar-refractivity contribution in [2.24, 2.45) is 0 Å². The Morgan fingerprint density at radius 3 is 2.65 bits per heavy atom. The van der Waals surface area contributed by atoms with Gasteiger partial charge in [0.2, 0.25) is 5.91 Å². The smallest absolute Gasteiger partial charge is 0.226 e. The Hall–Kier alpha value is -3.88. The maximum atomic E-state index is 12.8. The molecule has 2 aromatic heterocycles. The van der Waals surface area contributed by atoms with Gasteiger partial charge >= 0.3 is 0 Å². The summed E-state index contributed by atoms with van der Waals surface area (Å²) in [5.41, 5.74) is 2.61. The van der Waals surface area contributed by atoms with Gasteiger partial charge in [-0.05, 0) is 38.0 Å². The van der Waals surface area contributed by atoms with Crippen molar-refractivity contribution >= 4 is 17.5 Å². The van der Waals surface area contributed by atoms with E-state index >= 15 is 0 Å². The molecule has 176 valence electrons. The van der Waals surface area contributed by atoms with Crippen LogP contribution >= 0.6 is 0 Å². The molecule has 1 aromatic carbocycles. The first-order valence-electron chi connectivity index (χ1n) is 11.5. The predicted molar refractivity (Wildman–Crippen MR) is 129 cm³/mol. The first-order valence-corrected chi connectivity index (χ1v) is 11.5. The lowest BCUT2D eigenvalue weighted by atomic mass is 9.85. The van der Waals surface area contributed by atoms with Crippen LogP contribution in [0.25, 0.3) is 5.82 Å². The van der Waals surface area contributed by atoms with E-state index in [4.69, 9.17) is 14.6 Å². The molecule has 1 atom stereocenters. The van der Waals surface area contributed by atoms with Crippen molar-refractivity contribution in [2.45, 2.75) is 32.1 Å². The van der Waals surface area contributed by atoms with Crippen molar-refractivity contribution in [3.05, 3.63) is 59.8 Å². The standard InChI is InChI=1S/C25H28N6O3/c1-4-14-34-24-17(8-7-9-19(24)33-3)18-15-22(32)26-25-23(18)16(2)29-31(25)21-11-10-20(27-28-21)30-12-5-6-13-30/h4,7-11,18H,1,5-6,12-15H2,2-3H3,(H,26,32)/t18-/m0/s1. The molecule has 2 aliphatic heterocycles. The van der Waals surface area contributed by atoms with Gasteiger partial charge in [0.1, 0.15) is 12.4 Å². The van der Waals surface area contributed by atoms with Gasteiger partial charge < -0.3 is 19.7 Å². The van der Waals surface area contributed by atoms with Crippen LogP contribution in [0.1, 0.15) is 42.0 Å². The van der Waals surface area contributed by atoms with Gasteiger partial charge in [0.05, 0.1) is 12.8 Å². The van der Waals surface area contributed by atoms with E-state index in [1.54, 1.807) is 17.9 Å². The van der Waals surface area contributed by atoms with Gasteiger partial charge in [0.15, 0.2) is 23.1 Å². The number of benzene rings is 1. The van der Waals surface area contributed by atoms with Crippen LogP contribution < -0.4 is 19.7 Å². The summed E-state index contributed by atoms with van der Waals surface area (Å²) in [6.07, 6.45) is 4.30. The van der Waals surface area contributed by atoms with E-state index < -0.39 is 0 Å². The molecule has 1 fully saturated rings. The first kappa shape index (κ1) is 21.9. The normalized spacial score (nSPS) is 17.3. The zero-order valence-corrected chi connectivity index (χ0v) is 19.5. The largest absolute Gasteiger partial charge is 0.493 e. The Morgan fingerprint density at radius 2 is 1.94 bits per heavy atom. The lowest BCUT2D eigenvalue weighted by molar-refractivity contribution is -0.116. The highest BCUT2D eigenvalue weighted by atomic mass is 16.5. The third-order valence-electron chi connectivity index (χ3n) is 6.34. The van der Waals surface area contributed by atoms with Crippen molar-refractivity contribution < 1.29 is 14.3 Å². The minimum atomic E-state index is -0.246. The maximum absolute atomic E-state index is 12.8. The zero-order chi connectivity index (χ0) is 23.7. The maximum Gasteiger partial charge on any atom is 0.226 e. The number of amides is 1. The van der Waals surface area contributed by atoms with Gasteiger partial charge in [-0.3, -0.25) is 4.79 Å². The second-order valence-electron chi connectivity index (χ2n) is 8.49. The fourth-order valence-corrected chi connectivity index (χ4v) is 4.79. The minimum absolute atomic E-state index is 0.0993. The van der Waals surface area contributed by atoms with E-state index in [1.807, 2.05) is 37.3 Å². The van der Waals surface area contributed by atoms with Gasteiger partial charge in [0, 0.05) is 36.6 Å². The molecule has 34 heavy (non-hydrogen) atoms. The molecule has 2 aliphatic rings. The number of aromatic nitrogens is 4. The van der Waals surface area contributed by atoms with Crippen LogP contribution in [-0.4, -0.2) is 52.7 Å². The number of rotatable bonds is 7. The van der Waals surface area contributed by atoms with E-state index in [0.29, 0.717) is 29.7 Å². The third-order valence-corrected chi connectivity index (χ3v) is 6.34. The van der Waals surface area contributed by atoms with Gasteiger partial charge in [-0.1, -0.05) is 24.8 Å². The zero-order valence-electron chi connectivity index (χ0n) is 19.5. The molecule has 0 aliphatic carbocycles. The average molecular weight is 461 g/mol. The number of anilines is 2.